The van der Waals surface area contributed by atoms with Crippen molar-refractivity contribution >= 4 is 40.2 Å². The summed E-state index contributed by atoms with van der Waals surface area (Å²) in [6.07, 6.45) is 6.76. The van der Waals surface area contributed by atoms with Crippen LogP contribution in [0, 0.1) is 5.92 Å². The minimum absolute atomic E-state index is 0.139. The third-order valence-corrected chi connectivity index (χ3v) is 7.36. The van der Waals surface area contributed by atoms with Crippen molar-refractivity contribution in [2.75, 3.05) is 18.5 Å². The maximum Gasteiger partial charge on any atom is 0.305 e. The van der Waals surface area contributed by atoms with Gasteiger partial charge in [0.25, 0.3) is 5.91 Å². The van der Waals surface area contributed by atoms with Crippen LogP contribution in [0.15, 0.2) is 84.9 Å². The average molecular weight is 586 g/mol. The summed E-state index contributed by atoms with van der Waals surface area (Å²) in [7, 11) is 0. The number of anilines is 1. The van der Waals surface area contributed by atoms with Crippen molar-refractivity contribution in [3.8, 4) is 0 Å². The molecule has 4 N–H and O–H groups in total. The normalized spacial score (nSPS) is 19.0. The summed E-state index contributed by atoms with van der Waals surface area (Å²) in [5.41, 5.74) is 1.51. The van der Waals surface area contributed by atoms with Gasteiger partial charge in [0.15, 0.2) is 0 Å². The van der Waals surface area contributed by atoms with E-state index in [-0.39, 0.29) is 32.0 Å². The van der Waals surface area contributed by atoms with Crippen molar-refractivity contribution in [3.63, 3.8) is 0 Å². The van der Waals surface area contributed by atoms with E-state index in [1.807, 2.05) is 78.9 Å². The van der Waals surface area contributed by atoms with Crippen LogP contribution in [0.5, 0.6) is 0 Å². The van der Waals surface area contributed by atoms with Gasteiger partial charge in [0.1, 0.15) is 12.6 Å². The lowest BCUT2D eigenvalue weighted by molar-refractivity contribution is -0.146. The van der Waals surface area contributed by atoms with E-state index in [4.69, 9.17) is 4.74 Å². The molecule has 43 heavy (non-hydrogen) atoms. The highest BCUT2D eigenvalue weighted by atomic mass is 16.5. The molecule has 3 amide bonds. The second-order valence-corrected chi connectivity index (χ2v) is 10.8. The van der Waals surface area contributed by atoms with Gasteiger partial charge in [-0.1, -0.05) is 72.8 Å². The van der Waals surface area contributed by atoms with Crippen LogP contribution in [0.4, 0.5) is 5.69 Å². The molecular formula is C34H39N3O6. The first-order chi connectivity index (χ1) is 20.9. The summed E-state index contributed by atoms with van der Waals surface area (Å²) in [4.78, 5) is 52.2. The zero-order chi connectivity index (χ0) is 30.4. The molecule has 1 aliphatic rings. The molecule has 0 bridgehead atoms. The fraction of sp³-hybridized carbons (Fsp3) is 0.353. The van der Waals surface area contributed by atoms with Gasteiger partial charge in [-0.3, -0.25) is 19.2 Å². The highest BCUT2D eigenvalue weighted by Gasteiger charge is 2.29. The SMILES string of the molecule is O=C(C[C@H]1CC=CCCCCC(=O)OC[C@@H](C(=O)Nc2ccc3ccccc3c2)NC1=O)N[C@H](CO)Cc1ccccc1. The summed E-state index contributed by atoms with van der Waals surface area (Å²) < 4.78 is 5.38. The number of fused-ring (bicyclic) bond motifs is 1. The summed E-state index contributed by atoms with van der Waals surface area (Å²) >= 11 is 0. The minimum Gasteiger partial charge on any atom is -0.463 e. The lowest BCUT2D eigenvalue weighted by Crippen LogP contribution is -2.50. The number of nitrogens with one attached hydrogen (secondary N) is 3. The van der Waals surface area contributed by atoms with E-state index in [9.17, 15) is 24.3 Å². The molecule has 226 valence electrons. The van der Waals surface area contributed by atoms with Gasteiger partial charge >= 0.3 is 5.97 Å². The lowest BCUT2D eigenvalue weighted by atomic mass is 9.97. The number of aliphatic hydroxyl groups is 1. The summed E-state index contributed by atoms with van der Waals surface area (Å²) in [5, 5.41) is 20.2. The quantitative estimate of drug-likeness (QED) is 0.233. The largest absolute Gasteiger partial charge is 0.463 e. The van der Waals surface area contributed by atoms with Crippen molar-refractivity contribution in [1.82, 2.24) is 10.6 Å². The molecule has 0 radical (unpaired) electrons. The van der Waals surface area contributed by atoms with Gasteiger partial charge in [-0.2, -0.15) is 0 Å². The van der Waals surface area contributed by atoms with Crippen molar-refractivity contribution in [2.24, 2.45) is 5.92 Å². The molecule has 0 fully saturated rings. The molecule has 0 unspecified atom stereocenters. The minimum atomic E-state index is -1.16. The van der Waals surface area contributed by atoms with E-state index in [0.29, 0.717) is 24.9 Å². The standard InChI is InChI=1S/C34H39N3O6/c38-22-29(19-24-11-5-4-6-12-24)35-31(39)21-27-15-7-2-1-3-8-16-32(40)43-23-30(37-33(27)41)34(42)36-28-18-17-25-13-9-10-14-26(25)20-28/h2,4-7,9-14,17-18,20,27,29-30,38H,1,3,8,15-16,19,21-23H2,(H,35,39)(H,36,42)(H,37,41)/t27-,29+,30+/m1/s1. The van der Waals surface area contributed by atoms with Crippen LogP contribution >= 0.6 is 0 Å². The molecule has 1 aliphatic heterocycles. The number of allylic oxidation sites excluding steroid dienone is 2. The first kappa shape index (κ1) is 31.4. The topological polar surface area (TPSA) is 134 Å². The van der Waals surface area contributed by atoms with Crippen LogP contribution in [-0.4, -0.2) is 54.1 Å². The number of carbonyl (C=O) groups is 4. The Hall–Kier alpha value is -4.50. The molecule has 3 aromatic carbocycles. The van der Waals surface area contributed by atoms with Gasteiger partial charge in [-0.25, -0.2) is 0 Å². The fourth-order valence-electron chi connectivity index (χ4n) is 4.98. The number of ether oxygens (including phenoxy) is 1. The van der Waals surface area contributed by atoms with Gasteiger partial charge in [0.2, 0.25) is 11.8 Å². The fourth-order valence-corrected chi connectivity index (χ4v) is 4.98. The van der Waals surface area contributed by atoms with Crippen LogP contribution in [0.2, 0.25) is 0 Å². The first-order valence-corrected chi connectivity index (χ1v) is 14.8. The second-order valence-electron chi connectivity index (χ2n) is 10.8. The third-order valence-electron chi connectivity index (χ3n) is 7.36. The Labute approximate surface area is 251 Å². The second kappa shape index (κ2) is 16.2. The Bertz CT molecular complexity index is 1420. The monoisotopic (exact) mass is 585 g/mol. The molecule has 0 spiro atoms. The summed E-state index contributed by atoms with van der Waals surface area (Å²) in [6.45, 7) is -0.581. The zero-order valence-corrected chi connectivity index (χ0v) is 24.2. The van der Waals surface area contributed by atoms with Gasteiger partial charge in [0.05, 0.1) is 18.6 Å². The van der Waals surface area contributed by atoms with E-state index in [1.165, 1.54) is 0 Å². The Morgan fingerprint density at radius 3 is 2.51 bits per heavy atom. The predicted molar refractivity (Wildman–Crippen MR) is 165 cm³/mol. The Kier molecular flexibility index (Phi) is 11.9. The van der Waals surface area contributed by atoms with Crippen LogP contribution in [0.1, 0.15) is 44.1 Å². The van der Waals surface area contributed by atoms with Gasteiger partial charge in [0, 0.05) is 18.5 Å². The number of hydrogen-bond donors (Lipinski definition) is 4. The van der Waals surface area contributed by atoms with Crippen LogP contribution < -0.4 is 16.0 Å². The van der Waals surface area contributed by atoms with Gasteiger partial charge in [-0.15, -0.1) is 0 Å². The Morgan fingerprint density at radius 1 is 0.953 bits per heavy atom. The molecule has 1 heterocycles. The van der Waals surface area contributed by atoms with Crippen molar-refractivity contribution in [1.29, 1.82) is 0 Å². The predicted octanol–water partition coefficient (Wildman–Crippen LogP) is 4.05. The van der Waals surface area contributed by atoms with E-state index < -0.39 is 35.8 Å². The van der Waals surface area contributed by atoms with Crippen LogP contribution in [-0.2, 0) is 30.3 Å². The molecule has 3 aromatic rings. The maximum atomic E-state index is 13.5. The highest BCUT2D eigenvalue weighted by molar-refractivity contribution is 5.99. The van der Waals surface area contributed by atoms with E-state index in [2.05, 4.69) is 16.0 Å². The summed E-state index contributed by atoms with van der Waals surface area (Å²) in [5.74, 6) is -2.64. The molecule has 3 atom stereocenters. The van der Waals surface area contributed by atoms with Crippen molar-refractivity contribution in [2.45, 2.75) is 57.0 Å². The van der Waals surface area contributed by atoms with E-state index in [0.717, 1.165) is 29.2 Å². The maximum absolute atomic E-state index is 13.5. The number of amides is 3. The van der Waals surface area contributed by atoms with Crippen molar-refractivity contribution < 1.29 is 29.0 Å². The number of aliphatic hydroxyl groups excluding tert-OH is 1. The van der Waals surface area contributed by atoms with Gasteiger partial charge < -0.3 is 25.8 Å². The number of carbonyl (C=O) groups excluding carboxylic acids is 4. The first-order valence-electron chi connectivity index (χ1n) is 14.8. The van der Waals surface area contributed by atoms with E-state index in [1.54, 1.807) is 6.07 Å². The lowest BCUT2D eigenvalue weighted by Gasteiger charge is -2.23. The number of hydrogen-bond acceptors (Lipinski definition) is 6. The number of rotatable bonds is 8. The number of esters is 1. The van der Waals surface area contributed by atoms with E-state index >= 15 is 0 Å². The molecular weight excluding hydrogens is 546 g/mol. The zero-order valence-electron chi connectivity index (χ0n) is 24.2. The average Bonchev–Trinajstić information content (AvgIpc) is 3.01. The Balaban J connectivity index is 1.46. The van der Waals surface area contributed by atoms with Gasteiger partial charge in [-0.05, 0) is 60.6 Å². The van der Waals surface area contributed by atoms with Crippen molar-refractivity contribution in [3.05, 3.63) is 90.5 Å². The third kappa shape index (κ3) is 10.1. The number of benzene rings is 3. The van der Waals surface area contributed by atoms with Crippen LogP contribution in [0.25, 0.3) is 10.8 Å². The molecule has 9 nitrogen and oxygen atoms in total. The molecule has 0 saturated carbocycles. The highest BCUT2D eigenvalue weighted by Crippen LogP contribution is 2.19. The smallest absolute Gasteiger partial charge is 0.305 e. The molecule has 4 rings (SSSR count). The molecule has 0 aromatic heterocycles. The number of cyclic esters (lactones) is 1. The molecule has 9 heteroatoms. The summed E-state index contributed by atoms with van der Waals surface area (Å²) in [6, 6.07) is 21.0. The van der Waals surface area contributed by atoms with Crippen LogP contribution in [0.3, 0.4) is 0 Å². The molecule has 0 saturated heterocycles. The Morgan fingerprint density at radius 2 is 1.72 bits per heavy atom. The molecule has 0 aliphatic carbocycles.